The Balaban J connectivity index is 1.68. The number of benzene rings is 1. The number of thiophene rings is 1. The predicted octanol–water partition coefficient (Wildman–Crippen LogP) is 5.72. The van der Waals surface area contributed by atoms with Gasteiger partial charge in [0, 0.05) is 24.0 Å². The van der Waals surface area contributed by atoms with Crippen LogP contribution >= 0.6 is 23.1 Å². The van der Waals surface area contributed by atoms with Crippen LogP contribution in [0, 0.1) is 0 Å². The van der Waals surface area contributed by atoms with Crippen molar-refractivity contribution in [3.05, 3.63) is 41.5 Å². The lowest BCUT2D eigenvalue weighted by Crippen LogP contribution is -2.19. The van der Waals surface area contributed by atoms with Crippen LogP contribution in [0.5, 0.6) is 0 Å². The number of nitrogens with zero attached hydrogens (tertiary/aromatic N) is 4. The van der Waals surface area contributed by atoms with Gasteiger partial charge in [-0.15, -0.1) is 11.3 Å². The molecule has 29 heavy (non-hydrogen) atoms. The number of anilines is 1. The Morgan fingerprint density at radius 2 is 1.72 bits per heavy atom. The summed E-state index contributed by atoms with van der Waals surface area (Å²) in [6.07, 6.45) is 8.00. The fourth-order valence-electron chi connectivity index (χ4n) is 4.80. The van der Waals surface area contributed by atoms with E-state index in [1.54, 1.807) is 23.1 Å². The highest BCUT2D eigenvalue weighted by Gasteiger charge is 2.27. The Morgan fingerprint density at radius 3 is 2.52 bits per heavy atom. The molecule has 0 radical (unpaired) electrons. The second-order valence-electron chi connectivity index (χ2n) is 7.83. The number of aryl methyl sites for hydroxylation is 1. The molecule has 0 amide bonds. The van der Waals surface area contributed by atoms with Crippen molar-refractivity contribution in [2.45, 2.75) is 37.3 Å². The van der Waals surface area contributed by atoms with E-state index in [9.17, 15) is 0 Å². The third kappa shape index (κ3) is 2.76. The number of thioether (sulfide) groups is 1. The Kier molecular flexibility index (Phi) is 4.24. The zero-order valence-electron chi connectivity index (χ0n) is 16.4. The van der Waals surface area contributed by atoms with Gasteiger partial charge in [0.25, 0.3) is 0 Å². The Morgan fingerprint density at radius 1 is 0.931 bits per heavy atom. The van der Waals surface area contributed by atoms with E-state index in [1.807, 2.05) is 0 Å². The molecule has 3 aromatic heterocycles. The van der Waals surface area contributed by atoms with Crippen LogP contribution in [-0.4, -0.2) is 34.3 Å². The van der Waals surface area contributed by atoms with Crippen molar-refractivity contribution in [1.29, 1.82) is 0 Å². The lowest BCUT2D eigenvalue weighted by atomic mass is 10.0. The summed E-state index contributed by atoms with van der Waals surface area (Å²) in [5, 5.41) is 2.16. The molecule has 2 aliphatic rings. The van der Waals surface area contributed by atoms with Gasteiger partial charge in [0.05, 0.1) is 15.9 Å². The van der Waals surface area contributed by atoms with E-state index in [-0.39, 0.29) is 0 Å². The Hall–Kier alpha value is -2.18. The fourth-order valence-corrected chi connectivity index (χ4v) is 6.32. The molecule has 1 saturated heterocycles. The van der Waals surface area contributed by atoms with Crippen molar-refractivity contribution in [2.75, 3.05) is 24.2 Å². The average molecular weight is 419 g/mol. The summed E-state index contributed by atoms with van der Waals surface area (Å²) in [6, 6.07) is 10.6. The third-order valence-corrected chi connectivity index (χ3v) is 7.75. The van der Waals surface area contributed by atoms with Gasteiger partial charge in [-0.3, -0.25) is 0 Å². The van der Waals surface area contributed by atoms with Crippen LogP contribution in [0.25, 0.3) is 31.7 Å². The molecule has 6 rings (SSSR count). The molecule has 4 aromatic rings. The normalized spacial score (nSPS) is 16.2. The summed E-state index contributed by atoms with van der Waals surface area (Å²) in [5.41, 5.74) is 6.41. The predicted molar refractivity (Wildman–Crippen MR) is 123 cm³/mol. The zero-order valence-corrected chi connectivity index (χ0v) is 18.1. The van der Waals surface area contributed by atoms with Gasteiger partial charge >= 0.3 is 0 Å². The van der Waals surface area contributed by atoms with Crippen LogP contribution in [0.15, 0.2) is 35.5 Å². The monoisotopic (exact) mass is 418 g/mol. The minimum absolute atomic E-state index is 0.873. The van der Waals surface area contributed by atoms with Crippen molar-refractivity contribution in [1.82, 2.24) is 15.0 Å². The first kappa shape index (κ1) is 17.7. The van der Waals surface area contributed by atoms with Crippen LogP contribution in [0.3, 0.4) is 0 Å². The highest BCUT2D eigenvalue weighted by atomic mass is 32.2. The van der Waals surface area contributed by atoms with E-state index in [2.05, 4.69) is 41.5 Å². The maximum absolute atomic E-state index is 5.20. The van der Waals surface area contributed by atoms with Gasteiger partial charge in [-0.1, -0.05) is 42.1 Å². The molecule has 1 aliphatic carbocycles. The molecule has 0 N–H and O–H groups in total. The van der Waals surface area contributed by atoms with E-state index in [0.29, 0.717) is 0 Å². The van der Waals surface area contributed by atoms with E-state index >= 15 is 0 Å². The lowest BCUT2D eigenvalue weighted by Gasteiger charge is -2.17. The molecular formula is C23H22N4S2. The van der Waals surface area contributed by atoms with Crippen molar-refractivity contribution in [2.24, 2.45) is 0 Å². The van der Waals surface area contributed by atoms with Crippen molar-refractivity contribution in [3.8, 4) is 11.3 Å². The second kappa shape index (κ2) is 6.96. The van der Waals surface area contributed by atoms with Gasteiger partial charge in [0.1, 0.15) is 4.83 Å². The van der Waals surface area contributed by atoms with Crippen molar-refractivity contribution in [3.63, 3.8) is 0 Å². The molecule has 6 heteroatoms. The average Bonchev–Trinajstić information content (AvgIpc) is 3.51. The van der Waals surface area contributed by atoms with Gasteiger partial charge in [-0.05, 0) is 49.5 Å². The zero-order chi connectivity index (χ0) is 19.4. The van der Waals surface area contributed by atoms with Crippen molar-refractivity contribution >= 4 is 49.3 Å². The largest absolute Gasteiger partial charge is 0.355 e. The number of pyridine rings is 1. The maximum Gasteiger partial charge on any atom is 0.189 e. The van der Waals surface area contributed by atoms with Gasteiger partial charge in [-0.25, -0.2) is 15.0 Å². The maximum atomic E-state index is 5.20. The first-order valence-corrected chi connectivity index (χ1v) is 12.4. The SMILES string of the molecule is CSc1nc(N2CCCC2)c2sc3nc(-c4ccccc4)c4c(c3c2n1)CCC4. The molecular weight excluding hydrogens is 396 g/mol. The molecule has 0 unspecified atom stereocenters. The first-order valence-electron chi connectivity index (χ1n) is 10.3. The van der Waals surface area contributed by atoms with Crippen LogP contribution in [-0.2, 0) is 12.8 Å². The number of aromatic nitrogens is 3. The van der Waals surface area contributed by atoms with Crippen LogP contribution in [0.4, 0.5) is 5.82 Å². The van der Waals surface area contributed by atoms with Crippen LogP contribution in [0.1, 0.15) is 30.4 Å². The molecule has 1 aliphatic heterocycles. The minimum Gasteiger partial charge on any atom is -0.355 e. The smallest absolute Gasteiger partial charge is 0.189 e. The van der Waals surface area contributed by atoms with Crippen molar-refractivity contribution < 1.29 is 0 Å². The summed E-state index contributed by atoms with van der Waals surface area (Å²) < 4.78 is 1.21. The highest BCUT2D eigenvalue weighted by molar-refractivity contribution is 7.98. The van der Waals surface area contributed by atoms with E-state index in [4.69, 9.17) is 15.0 Å². The van der Waals surface area contributed by atoms with Gasteiger partial charge in [0.15, 0.2) is 11.0 Å². The molecule has 4 heterocycles. The number of hydrogen-bond acceptors (Lipinski definition) is 6. The quantitative estimate of drug-likeness (QED) is 0.314. The summed E-state index contributed by atoms with van der Waals surface area (Å²) in [6.45, 7) is 2.18. The number of rotatable bonds is 3. The standard InChI is InChI=1S/C23H22N4S2/c1-28-23-25-19-17-15-10-7-11-16(15)18(14-8-3-2-4-9-14)24-22(17)29-20(19)21(26-23)27-12-5-6-13-27/h2-4,8-9H,5-7,10-13H2,1H3. The second-order valence-corrected chi connectivity index (χ2v) is 9.60. The summed E-state index contributed by atoms with van der Waals surface area (Å²) in [7, 11) is 0. The number of hydrogen-bond donors (Lipinski definition) is 0. The minimum atomic E-state index is 0.873. The molecule has 146 valence electrons. The van der Waals surface area contributed by atoms with Gasteiger partial charge < -0.3 is 4.90 Å². The van der Waals surface area contributed by atoms with E-state index < -0.39 is 0 Å². The van der Waals surface area contributed by atoms with Crippen LogP contribution < -0.4 is 4.90 Å². The molecule has 0 saturated carbocycles. The molecule has 1 fully saturated rings. The van der Waals surface area contributed by atoms with E-state index in [0.717, 1.165) is 52.9 Å². The molecule has 4 nitrogen and oxygen atoms in total. The van der Waals surface area contributed by atoms with Crippen LogP contribution in [0.2, 0.25) is 0 Å². The molecule has 1 aromatic carbocycles. The Bertz CT molecular complexity index is 1230. The summed E-state index contributed by atoms with van der Waals surface area (Å²) in [4.78, 5) is 18.7. The number of fused-ring (bicyclic) bond motifs is 5. The first-order chi connectivity index (χ1) is 14.3. The third-order valence-electron chi connectivity index (χ3n) is 6.13. The van der Waals surface area contributed by atoms with Gasteiger partial charge in [0.2, 0.25) is 0 Å². The molecule has 0 bridgehead atoms. The fraction of sp³-hybridized carbons (Fsp3) is 0.348. The Labute approximate surface area is 178 Å². The summed E-state index contributed by atoms with van der Waals surface area (Å²) >= 11 is 3.42. The molecule has 0 atom stereocenters. The topological polar surface area (TPSA) is 41.9 Å². The lowest BCUT2D eigenvalue weighted by molar-refractivity contribution is 0.901. The van der Waals surface area contributed by atoms with Gasteiger partial charge in [-0.2, -0.15) is 0 Å². The summed E-state index contributed by atoms with van der Waals surface area (Å²) in [5.74, 6) is 1.12. The highest BCUT2D eigenvalue weighted by Crippen LogP contribution is 2.44. The van der Waals surface area contributed by atoms with E-state index in [1.165, 1.54) is 46.0 Å². The molecule has 0 spiro atoms.